The lowest BCUT2D eigenvalue weighted by Crippen LogP contribution is -2.32. The third-order valence-corrected chi connectivity index (χ3v) is 2.53. The van der Waals surface area contributed by atoms with Gasteiger partial charge in [0, 0.05) is 0 Å². The van der Waals surface area contributed by atoms with Crippen LogP contribution in [0.2, 0.25) is 0 Å². The van der Waals surface area contributed by atoms with E-state index in [1.807, 2.05) is 23.1 Å². The molecule has 0 atom stereocenters. The molecule has 1 aromatic carbocycles. The van der Waals surface area contributed by atoms with Crippen LogP contribution in [0.4, 0.5) is 5.69 Å². The lowest BCUT2D eigenvalue weighted by Gasteiger charge is -2.10. The number of aryl methyl sites for hydroxylation is 1. The van der Waals surface area contributed by atoms with Crippen molar-refractivity contribution in [3.8, 4) is 5.75 Å². The summed E-state index contributed by atoms with van der Waals surface area (Å²) < 4.78 is 5.11. The van der Waals surface area contributed by atoms with Crippen LogP contribution in [-0.2, 0) is 0 Å². The predicted octanol–water partition coefficient (Wildman–Crippen LogP) is 0.0275. The highest BCUT2D eigenvalue weighted by Gasteiger charge is 2.15. The number of methoxy groups -OCH3 is 1. The Kier molecular flexibility index (Phi) is 3.65. The largest absolute Gasteiger partial charge is 0.495 e. The zero-order valence-electron chi connectivity index (χ0n) is 10.8. The second-order valence-corrected chi connectivity index (χ2v) is 4.01. The van der Waals surface area contributed by atoms with Crippen molar-refractivity contribution in [2.24, 2.45) is 0 Å². The van der Waals surface area contributed by atoms with Crippen molar-refractivity contribution in [3.05, 3.63) is 50.3 Å². The Hall–Kier alpha value is -2.90. The average molecular weight is 276 g/mol. The van der Waals surface area contributed by atoms with E-state index < -0.39 is 22.9 Å². The molecule has 2 rings (SSSR count). The number of nitrogens with zero attached hydrogens (tertiary/aromatic N) is 1. The van der Waals surface area contributed by atoms with Gasteiger partial charge in [0.05, 0.1) is 12.8 Å². The molecule has 1 heterocycles. The van der Waals surface area contributed by atoms with Gasteiger partial charge in [-0.2, -0.15) is 5.10 Å². The molecular weight excluding hydrogens is 264 g/mol. The van der Waals surface area contributed by atoms with Crippen LogP contribution >= 0.6 is 0 Å². The van der Waals surface area contributed by atoms with Gasteiger partial charge in [-0.25, -0.2) is 9.89 Å². The maximum absolute atomic E-state index is 12.0. The maximum Gasteiger partial charge on any atom is 0.342 e. The number of hydrogen-bond donors (Lipinski definition) is 3. The highest BCUT2D eigenvalue weighted by Crippen LogP contribution is 2.25. The quantitative estimate of drug-likeness (QED) is 0.731. The summed E-state index contributed by atoms with van der Waals surface area (Å²) in [5.74, 6) is -0.295. The van der Waals surface area contributed by atoms with Gasteiger partial charge in [0.25, 0.3) is 11.5 Å². The predicted molar refractivity (Wildman–Crippen MR) is 71.2 cm³/mol. The van der Waals surface area contributed by atoms with Gasteiger partial charge in [0.15, 0.2) is 0 Å². The van der Waals surface area contributed by atoms with E-state index in [1.54, 1.807) is 12.1 Å². The molecule has 1 amide bonds. The summed E-state index contributed by atoms with van der Waals surface area (Å²) in [5.41, 5.74) is -0.764. The molecule has 1 aromatic heterocycles. The van der Waals surface area contributed by atoms with Crippen molar-refractivity contribution in [2.45, 2.75) is 6.92 Å². The molecule has 0 radical (unpaired) electrons. The summed E-state index contributed by atoms with van der Waals surface area (Å²) in [6.07, 6.45) is 0. The molecule has 0 aliphatic heterocycles. The van der Waals surface area contributed by atoms with E-state index in [2.05, 4.69) is 10.4 Å². The smallest absolute Gasteiger partial charge is 0.342 e. The first-order valence-corrected chi connectivity index (χ1v) is 5.66. The number of amides is 1. The number of aromatic amines is 2. The molecule has 0 fully saturated rings. The Labute approximate surface area is 112 Å². The Balaban J connectivity index is 2.34. The van der Waals surface area contributed by atoms with Crippen LogP contribution in [0.3, 0.4) is 0 Å². The first kappa shape index (κ1) is 13.5. The Morgan fingerprint density at radius 3 is 2.75 bits per heavy atom. The number of carbonyl (C=O) groups excluding carboxylic acids is 1. The summed E-state index contributed by atoms with van der Waals surface area (Å²) in [7, 11) is 1.46. The van der Waals surface area contributed by atoms with Crippen LogP contribution in [0.5, 0.6) is 5.75 Å². The highest BCUT2D eigenvalue weighted by molar-refractivity contribution is 6.03. The van der Waals surface area contributed by atoms with Crippen molar-refractivity contribution >= 4 is 11.6 Å². The third kappa shape index (κ3) is 2.74. The normalized spacial score (nSPS) is 10.1. The molecule has 0 aliphatic carbocycles. The zero-order valence-corrected chi connectivity index (χ0v) is 10.8. The molecule has 0 aliphatic rings. The molecule has 0 spiro atoms. The molecule has 8 heteroatoms. The van der Waals surface area contributed by atoms with Crippen molar-refractivity contribution in [3.63, 3.8) is 0 Å². The number of nitrogens with one attached hydrogen (secondary N) is 3. The topological polar surface area (TPSA) is 117 Å². The minimum absolute atomic E-state index is 0.407. The molecule has 0 saturated heterocycles. The van der Waals surface area contributed by atoms with Crippen LogP contribution in [0, 0.1) is 6.92 Å². The molecule has 0 saturated carbocycles. The molecular formula is C12H12N4O4. The Morgan fingerprint density at radius 2 is 2.10 bits per heavy atom. The van der Waals surface area contributed by atoms with Gasteiger partial charge in [0.1, 0.15) is 5.75 Å². The van der Waals surface area contributed by atoms with Gasteiger partial charge in [-0.3, -0.25) is 14.6 Å². The van der Waals surface area contributed by atoms with Gasteiger partial charge in [0.2, 0.25) is 5.69 Å². The SMILES string of the molecule is COc1ccc(C)cc1NC(=O)c1n[nH]c(=O)[nH]c1=O. The standard InChI is InChI=1S/C12H12N4O4/c1-6-3-4-8(20-2)7(5-6)13-10(17)9-11(18)14-12(19)16-15-9/h3-5H,1-2H3,(H,13,17)(H2,14,16,18,19). The van der Waals surface area contributed by atoms with E-state index in [0.29, 0.717) is 11.4 Å². The Morgan fingerprint density at radius 1 is 1.35 bits per heavy atom. The number of benzene rings is 1. The van der Waals surface area contributed by atoms with Crippen molar-refractivity contribution in [2.75, 3.05) is 12.4 Å². The fourth-order valence-corrected chi connectivity index (χ4v) is 1.60. The Bertz CT molecular complexity index is 763. The van der Waals surface area contributed by atoms with Gasteiger partial charge >= 0.3 is 5.69 Å². The fourth-order valence-electron chi connectivity index (χ4n) is 1.60. The van der Waals surface area contributed by atoms with Crippen LogP contribution in [0.1, 0.15) is 16.1 Å². The van der Waals surface area contributed by atoms with E-state index in [0.717, 1.165) is 5.56 Å². The summed E-state index contributed by atoms with van der Waals surface area (Å²) in [4.78, 5) is 36.2. The van der Waals surface area contributed by atoms with Crippen molar-refractivity contribution < 1.29 is 9.53 Å². The molecule has 3 N–H and O–H groups in total. The molecule has 8 nitrogen and oxygen atoms in total. The van der Waals surface area contributed by atoms with E-state index in [4.69, 9.17) is 4.74 Å². The minimum atomic E-state index is -0.863. The summed E-state index contributed by atoms with van der Waals surface area (Å²) in [5, 5.41) is 7.92. The highest BCUT2D eigenvalue weighted by atomic mass is 16.5. The molecule has 20 heavy (non-hydrogen) atoms. The lowest BCUT2D eigenvalue weighted by atomic mass is 10.2. The van der Waals surface area contributed by atoms with Crippen LogP contribution in [-0.4, -0.2) is 28.2 Å². The number of ether oxygens (including phenoxy) is 1. The zero-order chi connectivity index (χ0) is 14.7. The number of hydrogen-bond acceptors (Lipinski definition) is 5. The molecule has 2 aromatic rings. The second kappa shape index (κ2) is 5.39. The summed E-state index contributed by atoms with van der Waals surface area (Å²) in [6.45, 7) is 1.85. The van der Waals surface area contributed by atoms with Crippen LogP contribution in [0.15, 0.2) is 27.8 Å². The fraction of sp³-hybridized carbons (Fsp3) is 0.167. The number of aromatic nitrogens is 3. The second-order valence-electron chi connectivity index (χ2n) is 4.01. The molecule has 0 unspecified atom stereocenters. The van der Waals surface area contributed by atoms with Crippen molar-refractivity contribution in [1.82, 2.24) is 15.2 Å². The number of H-pyrrole nitrogens is 2. The molecule has 0 bridgehead atoms. The van der Waals surface area contributed by atoms with Crippen molar-refractivity contribution in [1.29, 1.82) is 0 Å². The third-order valence-electron chi connectivity index (χ3n) is 2.53. The summed E-state index contributed by atoms with van der Waals surface area (Å²) in [6, 6.07) is 5.20. The summed E-state index contributed by atoms with van der Waals surface area (Å²) >= 11 is 0. The average Bonchev–Trinajstić information content (AvgIpc) is 2.38. The van der Waals surface area contributed by atoms with Crippen LogP contribution in [0.25, 0.3) is 0 Å². The molecule has 104 valence electrons. The van der Waals surface area contributed by atoms with Gasteiger partial charge in [-0.1, -0.05) is 6.07 Å². The monoisotopic (exact) mass is 276 g/mol. The van der Waals surface area contributed by atoms with E-state index in [1.165, 1.54) is 7.11 Å². The van der Waals surface area contributed by atoms with E-state index >= 15 is 0 Å². The number of anilines is 1. The number of carbonyl (C=O) groups is 1. The van der Waals surface area contributed by atoms with E-state index in [9.17, 15) is 14.4 Å². The lowest BCUT2D eigenvalue weighted by molar-refractivity contribution is 0.101. The maximum atomic E-state index is 12.0. The van der Waals surface area contributed by atoms with E-state index in [-0.39, 0.29) is 0 Å². The number of rotatable bonds is 3. The first-order valence-electron chi connectivity index (χ1n) is 5.66. The first-order chi connectivity index (χ1) is 9.51. The van der Waals surface area contributed by atoms with Gasteiger partial charge in [-0.05, 0) is 24.6 Å². The van der Waals surface area contributed by atoms with Gasteiger partial charge < -0.3 is 10.1 Å². The van der Waals surface area contributed by atoms with Gasteiger partial charge in [-0.15, -0.1) is 0 Å². The minimum Gasteiger partial charge on any atom is -0.495 e. The van der Waals surface area contributed by atoms with Crippen LogP contribution < -0.4 is 21.3 Å².